The van der Waals surface area contributed by atoms with E-state index < -0.39 is 23.5 Å². The standard InChI is InChI=1S/C21H19N5O3/c1-3-26(20(28)29)19(27)18(13-22)25-24-17-11-9-16(10-12-17)21(2,14-23)15-7-5-4-6-8-15/h4-12,18H,3H2,1-2H3,(H,28,29). The van der Waals surface area contributed by atoms with Gasteiger partial charge in [-0.1, -0.05) is 42.5 Å². The lowest BCUT2D eigenvalue weighted by atomic mass is 9.77. The topological polar surface area (TPSA) is 130 Å². The van der Waals surface area contributed by atoms with Gasteiger partial charge in [0.1, 0.15) is 11.5 Å². The highest BCUT2D eigenvalue weighted by Crippen LogP contribution is 2.32. The average molecular weight is 389 g/mol. The van der Waals surface area contributed by atoms with E-state index in [0.29, 0.717) is 10.6 Å². The highest BCUT2D eigenvalue weighted by atomic mass is 16.4. The second kappa shape index (κ2) is 9.25. The third kappa shape index (κ3) is 4.63. The lowest BCUT2D eigenvalue weighted by Gasteiger charge is -2.22. The van der Waals surface area contributed by atoms with Gasteiger partial charge in [0.2, 0.25) is 6.04 Å². The van der Waals surface area contributed by atoms with Crippen molar-refractivity contribution in [2.45, 2.75) is 25.3 Å². The van der Waals surface area contributed by atoms with Gasteiger partial charge in [-0.2, -0.15) is 20.8 Å². The molecule has 0 saturated heterocycles. The fraction of sp³-hybridized carbons (Fsp3) is 0.238. The van der Waals surface area contributed by atoms with Crippen molar-refractivity contribution in [3.63, 3.8) is 0 Å². The minimum atomic E-state index is -1.56. The molecule has 2 atom stereocenters. The number of benzene rings is 2. The molecule has 0 radical (unpaired) electrons. The highest BCUT2D eigenvalue weighted by Gasteiger charge is 2.29. The number of likely N-dealkylation sites (N-methyl/N-ethyl adjacent to an activating group) is 1. The van der Waals surface area contributed by atoms with Crippen LogP contribution in [0.15, 0.2) is 64.8 Å². The Labute approximate surface area is 168 Å². The molecule has 0 spiro atoms. The fourth-order valence-corrected chi connectivity index (χ4v) is 2.72. The van der Waals surface area contributed by atoms with Crippen LogP contribution < -0.4 is 0 Å². The Bertz CT molecular complexity index is 990. The van der Waals surface area contributed by atoms with Crippen LogP contribution in [0.2, 0.25) is 0 Å². The third-order valence-electron chi connectivity index (χ3n) is 4.48. The van der Waals surface area contributed by atoms with E-state index in [-0.39, 0.29) is 6.54 Å². The Morgan fingerprint density at radius 2 is 1.69 bits per heavy atom. The summed E-state index contributed by atoms with van der Waals surface area (Å²) in [6.07, 6.45) is -1.45. The monoisotopic (exact) mass is 389 g/mol. The van der Waals surface area contributed by atoms with Gasteiger partial charge in [0.25, 0.3) is 5.91 Å². The van der Waals surface area contributed by atoms with Crippen molar-refractivity contribution >= 4 is 17.7 Å². The van der Waals surface area contributed by atoms with Crippen molar-refractivity contribution in [3.8, 4) is 12.1 Å². The van der Waals surface area contributed by atoms with Gasteiger partial charge in [-0.25, -0.2) is 9.69 Å². The first-order chi connectivity index (χ1) is 13.9. The molecule has 2 aromatic carbocycles. The van der Waals surface area contributed by atoms with E-state index in [0.717, 1.165) is 11.1 Å². The van der Waals surface area contributed by atoms with Gasteiger partial charge < -0.3 is 5.11 Å². The van der Waals surface area contributed by atoms with Crippen molar-refractivity contribution in [1.82, 2.24) is 4.90 Å². The van der Waals surface area contributed by atoms with E-state index in [9.17, 15) is 14.9 Å². The number of hydrogen-bond acceptors (Lipinski definition) is 6. The number of carbonyl (C=O) groups excluding carboxylic acids is 1. The largest absolute Gasteiger partial charge is 0.465 e. The number of rotatable bonds is 6. The van der Waals surface area contributed by atoms with Crippen LogP contribution >= 0.6 is 0 Å². The Hall–Kier alpha value is -4.04. The molecule has 0 fully saturated rings. The van der Waals surface area contributed by atoms with E-state index in [1.165, 1.54) is 6.92 Å². The molecular weight excluding hydrogens is 370 g/mol. The molecule has 0 aliphatic rings. The van der Waals surface area contributed by atoms with Crippen LogP contribution in [0.5, 0.6) is 0 Å². The van der Waals surface area contributed by atoms with Crippen molar-refractivity contribution in [2.75, 3.05) is 6.54 Å². The number of imide groups is 1. The summed E-state index contributed by atoms with van der Waals surface area (Å²) in [7, 11) is 0. The quantitative estimate of drug-likeness (QED) is 0.746. The summed E-state index contributed by atoms with van der Waals surface area (Å²) in [5, 5.41) is 35.4. The van der Waals surface area contributed by atoms with Gasteiger partial charge >= 0.3 is 6.09 Å². The summed E-state index contributed by atoms with van der Waals surface area (Å²) in [4.78, 5) is 23.6. The summed E-state index contributed by atoms with van der Waals surface area (Å²) < 4.78 is 0. The van der Waals surface area contributed by atoms with Crippen LogP contribution in [-0.2, 0) is 10.2 Å². The summed E-state index contributed by atoms with van der Waals surface area (Å²) in [5.41, 5.74) is 1.11. The smallest absolute Gasteiger partial charge is 0.414 e. The maximum Gasteiger partial charge on any atom is 0.414 e. The molecule has 146 valence electrons. The predicted octanol–water partition coefficient (Wildman–Crippen LogP) is 4.02. The summed E-state index contributed by atoms with van der Waals surface area (Å²) in [6.45, 7) is 3.20. The molecular formula is C21H19N5O3. The molecule has 8 nitrogen and oxygen atoms in total. The van der Waals surface area contributed by atoms with Crippen LogP contribution in [0.4, 0.5) is 10.5 Å². The molecule has 2 amide bonds. The van der Waals surface area contributed by atoms with Gasteiger partial charge in [-0.05, 0) is 37.1 Å². The Balaban J connectivity index is 2.24. The lowest BCUT2D eigenvalue weighted by Crippen LogP contribution is -2.41. The van der Waals surface area contributed by atoms with E-state index >= 15 is 0 Å². The lowest BCUT2D eigenvalue weighted by molar-refractivity contribution is -0.129. The molecule has 0 bridgehead atoms. The molecule has 0 heterocycles. The Morgan fingerprint density at radius 3 is 2.17 bits per heavy atom. The molecule has 2 aromatic rings. The molecule has 2 unspecified atom stereocenters. The molecule has 0 saturated carbocycles. The molecule has 0 aromatic heterocycles. The summed E-state index contributed by atoms with van der Waals surface area (Å²) in [5.74, 6) is -0.955. The second-order valence-electron chi connectivity index (χ2n) is 6.26. The van der Waals surface area contributed by atoms with Gasteiger partial charge in [0, 0.05) is 6.54 Å². The zero-order chi connectivity index (χ0) is 21.4. The first-order valence-electron chi connectivity index (χ1n) is 8.79. The third-order valence-corrected chi connectivity index (χ3v) is 4.48. The molecule has 0 aliphatic carbocycles. The Morgan fingerprint density at radius 1 is 1.10 bits per heavy atom. The number of nitrogens with zero attached hydrogens (tertiary/aromatic N) is 5. The normalized spacial score (nSPS) is 13.7. The maximum absolute atomic E-state index is 12.1. The van der Waals surface area contributed by atoms with E-state index in [4.69, 9.17) is 10.4 Å². The van der Waals surface area contributed by atoms with Gasteiger partial charge in [0.05, 0.1) is 11.8 Å². The van der Waals surface area contributed by atoms with E-state index in [1.54, 1.807) is 30.3 Å². The Kier molecular flexibility index (Phi) is 6.78. The number of azo groups is 1. The summed E-state index contributed by atoms with van der Waals surface area (Å²) in [6, 6.07) is 18.5. The number of amides is 2. The minimum absolute atomic E-state index is 0.0945. The predicted molar refractivity (Wildman–Crippen MR) is 104 cm³/mol. The number of hydrogen-bond donors (Lipinski definition) is 1. The van der Waals surface area contributed by atoms with Crippen LogP contribution in [-0.4, -0.2) is 34.6 Å². The van der Waals surface area contributed by atoms with Crippen molar-refractivity contribution in [1.29, 1.82) is 10.5 Å². The molecule has 2 rings (SSSR count). The molecule has 0 aliphatic heterocycles. The minimum Gasteiger partial charge on any atom is -0.465 e. The number of carbonyl (C=O) groups is 2. The van der Waals surface area contributed by atoms with Crippen LogP contribution in [0.3, 0.4) is 0 Å². The van der Waals surface area contributed by atoms with Gasteiger partial charge in [-0.3, -0.25) is 4.79 Å². The van der Waals surface area contributed by atoms with Crippen molar-refractivity contribution < 1.29 is 14.7 Å². The van der Waals surface area contributed by atoms with Crippen molar-refractivity contribution in [2.24, 2.45) is 10.2 Å². The van der Waals surface area contributed by atoms with Crippen LogP contribution in [0.25, 0.3) is 0 Å². The van der Waals surface area contributed by atoms with Gasteiger partial charge in [0.15, 0.2) is 0 Å². The van der Waals surface area contributed by atoms with E-state index in [1.807, 2.05) is 37.3 Å². The highest BCUT2D eigenvalue weighted by molar-refractivity contribution is 5.95. The summed E-state index contributed by atoms with van der Waals surface area (Å²) >= 11 is 0. The number of carboxylic acid groups (broad SMARTS) is 1. The SMILES string of the molecule is CCN(C(=O)O)C(=O)C(C#N)N=Nc1ccc(C(C)(C#N)c2ccccc2)cc1. The fourth-order valence-electron chi connectivity index (χ4n) is 2.72. The maximum atomic E-state index is 12.1. The zero-order valence-corrected chi connectivity index (χ0v) is 16.0. The zero-order valence-electron chi connectivity index (χ0n) is 16.0. The molecule has 29 heavy (non-hydrogen) atoms. The first-order valence-corrected chi connectivity index (χ1v) is 8.79. The van der Waals surface area contributed by atoms with Gasteiger partial charge in [-0.15, -0.1) is 0 Å². The van der Waals surface area contributed by atoms with Crippen molar-refractivity contribution in [3.05, 3.63) is 65.7 Å². The van der Waals surface area contributed by atoms with E-state index in [2.05, 4.69) is 16.3 Å². The molecule has 1 N–H and O–H groups in total. The van der Waals surface area contributed by atoms with Crippen LogP contribution in [0.1, 0.15) is 25.0 Å². The average Bonchev–Trinajstić information content (AvgIpc) is 2.75. The van der Waals surface area contributed by atoms with Crippen LogP contribution in [0, 0.1) is 22.7 Å². The number of nitriles is 2. The molecule has 8 heteroatoms. The first kappa shape index (κ1) is 21.3. The second-order valence-corrected chi connectivity index (χ2v) is 6.26.